The zero-order valence-corrected chi connectivity index (χ0v) is 12.5. The van der Waals surface area contributed by atoms with Crippen LogP contribution in [0.4, 0.5) is 16.2 Å². The summed E-state index contributed by atoms with van der Waals surface area (Å²) in [6, 6.07) is 13.4. The number of rotatable bonds is 2. The number of halogens is 2. The fourth-order valence-corrected chi connectivity index (χ4v) is 2.02. The Morgan fingerprint density at radius 1 is 1.15 bits per heavy atom. The summed E-state index contributed by atoms with van der Waals surface area (Å²) in [4.78, 5) is 11.8. The van der Waals surface area contributed by atoms with Gasteiger partial charge >= 0.3 is 6.03 Å². The standard InChI is InChI=1S/C14H9BrClN3O/c15-10-1-6-13(9(7-10)8-17)19-14(20)18-12-4-2-11(16)3-5-12/h1-7H,(H2,18,19,20). The van der Waals surface area contributed by atoms with E-state index in [9.17, 15) is 4.79 Å². The molecule has 4 nitrogen and oxygen atoms in total. The molecule has 0 fully saturated rings. The predicted octanol–water partition coefficient (Wildman–Crippen LogP) is 4.62. The number of carbonyl (C=O) groups excluding carboxylic acids is 1. The summed E-state index contributed by atoms with van der Waals surface area (Å²) in [6.07, 6.45) is 0. The van der Waals surface area contributed by atoms with Crippen molar-refractivity contribution in [3.05, 3.63) is 57.5 Å². The van der Waals surface area contributed by atoms with E-state index >= 15 is 0 Å². The molecule has 0 heterocycles. The molecule has 0 aromatic heterocycles. The Kier molecular flexibility index (Phi) is 4.61. The second-order valence-electron chi connectivity index (χ2n) is 3.89. The first-order valence-electron chi connectivity index (χ1n) is 5.62. The lowest BCUT2D eigenvalue weighted by atomic mass is 10.2. The maximum atomic E-state index is 11.8. The van der Waals surface area contributed by atoms with Gasteiger partial charge in [0.25, 0.3) is 0 Å². The van der Waals surface area contributed by atoms with Crippen LogP contribution in [0.25, 0.3) is 0 Å². The number of hydrogen-bond donors (Lipinski definition) is 2. The first kappa shape index (κ1) is 14.4. The van der Waals surface area contributed by atoms with Crippen molar-refractivity contribution in [2.75, 3.05) is 10.6 Å². The number of anilines is 2. The van der Waals surface area contributed by atoms with Gasteiger partial charge in [0, 0.05) is 15.2 Å². The molecule has 0 aliphatic heterocycles. The number of amides is 2. The molecule has 0 saturated carbocycles. The van der Waals surface area contributed by atoms with Crippen molar-refractivity contribution < 1.29 is 4.79 Å². The molecule has 2 N–H and O–H groups in total. The predicted molar refractivity (Wildman–Crippen MR) is 83.0 cm³/mol. The molecule has 2 aromatic rings. The zero-order valence-electron chi connectivity index (χ0n) is 10.2. The average Bonchev–Trinajstić information content (AvgIpc) is 2.43. The number of benzene rings is 2. The summed E-state index contributed by atoms with van der Waals surface area (Å²) in [6.45, 7) is 0. The molecule has 0 atom stereocenters. The lowest BCUT2D eigenvalue weighted by Gasteiger charge is -2.09. The Morgan fingerprint density at radius 2 is 1.85 bits per heavy atom. The molecule has 0 spiro atoms. The van der Waals surface area contributed by atoms with Gasteiger partial charge in [-0.25, -0.2) is 4.79 Å². The summed E-state index contributed by atoms with van der Waals surface area (Å²) in [7, 11) is 0. The minimum absolute atomic E-state index is 0.380. The molecule has 0 bridgehead atoms. The van der Waals surface area contributed by atoms with Crippen LogP contribution in [-0.2, 0) is 0 Å². The summed E-state index contributed by atoms with van der Waals surface area (Å²) in [5.41, 5.74) is 1.44. The second-order valence-corrected chi connectivity index (χ2v) is 5.24. The van der Waals surface area contributed by atoms with E-state index in [0.29, 0.717) is 22.0 Å². The maximum absolute atomic E-state index is 11.8. The van der Waals surface area contributed by atoms with Crippen LogP contribution in [0.2, 0.25) is 5.02 Å². The molecule has 0 radical (unpaired) electrons. The molecular weight excluding hydrogens is 342 g/mol. The molecule has 2 aromatic carbocycles. The van der Waals surface area contributed by atoms with Gasteiger partial charge in [-0.05, 0) is 42.5 Å². The smallest absolute Gasteiger partial charge is 0.308 e. The quantitative estimate of drug-likeness (QED) is 0.830. The Hall–Kier alpha value is -2.03. The number of hydrogen-bond acceptors (Lipinski definition) is 2. The van der Waals surface area contributed by atoms with E-state index in [0.717, 1.165) is 4.47 Å². The number of nitrogens with zero attached hydrogens (tertiary/aromatic N) is 1. The van der Waals surface area contributed by atoms with Gasteiger partial charge in [0.05, 0.1) is 11.3 Å². The third-order valence-electron chi connectivity index (χ3n) is 2.45. The van der Waals surface area contributed by atoms with Crippen LogP contribution in [0.5, 0.6) is 0 Å². The molecule has 2 amide bonds. The molecule has 0 aliphatic rings. The fraction of sp³-hybridized carbons (Fsp3) is 0. The minimum Gasteiger partial charge on any atom is -0.308 e. The third-order valence-corrected chi connectivity index (χ3v) is 3.20. The Labute approximate surface area is 129 Å². The monoisotopic (exact) mass is 349 g/mol. The Balaban J connectivity index is 2.09. The second kappa shape index (κ2) is 6.42. The summed E-state index contributed by atoms with van der Waals surface area (Å²) < 4.78 is 0.776. The van der Waals surface area contributed by atoms with Crippen molar-refractivity contribution in [3.63, 3.8) is 0 Å². The SMILES string of the molecule is N#Cc1cc(Br)ccc1NC(=O)Nc1ccc(Cl)cc1. The van der Waals surface area contributed by atoms with E-state index in [1.54, 1.807) is 42.5 Å². The summed E-state index contributed by atoms with van der Waals surface area (Å²) in [5.74, 6) is 0. The highest BCUT2D eigenvalue weighted by molar-refractivity contribution is 9.10. The number of urea groups is 1. The molecule has 0 aliphatic carbocycles. The van der Waals surface area contributed by atoms with Crippen LogP contribution in [-0.4, -0.2) is 6.03 Å². The summed E-state index contributed by atoms with van der Waals surface area (Å²) in [5, 5.41) is 14.9. The van der Waals surface area contributed by atoms with Crippen LogP contribution in [0.3, 0.4) is 0 Å². The highest BCUT2D eigenvalue weighted by Gasteiger charge is 2.07. The summed E-state index contributed by atoms with van der Waals surface area (Å²) >= 11 is 9.04. The molecular formula is C14H9BrClN3O. The van der Waals surface area contributed by atoms with Crippen LogP contribution < -0.4 is 10.6 Å². The largest absolute Gasteiger partial charge is 0.323 e. The van der Waals surface area contributed by atoms with Gasteiger partial charge in [0.2, 0.25) is 0 Å². The van der Waals surface area contributed by atoms with E-state index in [-0.39, 0.29) is 0 Å². The van der Waals surface area contributed by atoms with E-state index in [1.165, 1.54) is 0 Å². The average molecular weight is 351 g/mol. The van der Waals surface area contributed by atoms with E-state index < -0.39 is 6.03 Å². The molecule has 0 saturated heterocycles. The molecule has 2 rings (SSSR count). The van der Waals surface area contributed by atoms with Crippen LogP contribution in [0, 0.1) is 11.3 Å². The van der Waals surface area contributed by atoms with Gasteiger partial charge in [-0.2, -0.15) is 5.26 Å². The molecule has 100 valence electrons. The number of carbonyl (C=O) groups is 1. The van der Waals surface area contributed by atoms with Crippen molar-refractivity contribution >= 4 is 44.9 Å². The van der Waals surface area contributed by atoms with Gasteiger partial charge in [0.1, 0.15) is 6.07 Å². The molecule has 6 heteroatoms. The van der Waals surface area contributed by atoms with Crippen LogP contribution in [0.15, 0.2) is 46.9 Å². The van der Waals surface area contributed by atoms with Crippen molar-refractivity contribution in [3.8, 4) is 6.07 Å². The molecule has 0 unspecified atom stereocenters. The lowest BCUT2D eigenvalue weighted by molar-refractivity contribution is 0.262. The van der Waals surface area contributed by atoms with E-state index in [2.05, 4.69) is 26.6 Å². The van der Waals surface area contributed by atoms with Crippen LogP contribution in [0.1, 0.15) is 5.56 Å². The fourth-order valence-electron chi connectivity index (χ4n) is 1.54. The third kappa shape index (κ3) is 3.73. The lowest BCUT2D eigenvalue weighted by Crippen LogP contribution is -2.19. The van der Waals surface area contributed by atoms with Crippen molar-refractivity contribution in [2.45, 2.75) is 0 Å². The number of nitrogens with one attached hydrogen (secondary N) is 2. The minimum atomic E-state index is -0.425. The van der Waals surface area contributed by atoms with Gasteiger partial charge in [-0.15, -0.1) is 0 Å². The van der Waals surface area contributed by atoms with Crippen LogP contribution >= 0.6 is 27.5 Å². The van der Waals surface area contributed by atoms with Gasteiger partial charge < -0.3 is 10.6 Å². The van der Waals surface area contributed by atoms with Gasteiger partial charge in [-0.3, -0.25) is 0 Å². The Morgan fingerprint density at radius 3 is 2.50 bits per heavy atom. The Bertz CT molecular complexity index is 680. The highest BCUT2D eigenvalue weighted by atomic mass is 79.9. The highest BCUT2D eigenvalue weighted by Crippen LogP contribution is 2.20. The maximum Gasteiger partial charge on any atom is 0.323 e. The van der Waals surface area contributed by atoms with Crippen molar-refractivity contribution in [1.82, 2.24) is 0 Å². The zero-order chi connectivity index (χ0) is 14.5. The van der Waals surface area contributed by atoms with E-state index in [4.69, 9.17) is 16.9 Å². The first-order valence-corrected chi connectivity index (χ1v) is 6.79. The van der Waals surface area contributed by atoms with E-state index in [1.807, 2.05) is 6.07 Å². The van der Waals surface area contributed by atoms with Gasteiger partial charge in [-0.1, -0.05) is 27.5 Å². The van der Waals surface area contributed by atoms with Crippen molar-refractivity contribution in [1.29, 1.82) is 5.26 Å². The topological polar surface area (TPSA) is 64.9 Å². The normalized spacial score (nSPS) is 9.65. The van der Waals surface area contributed by atoms with Crippen molar-refractivity contribution in [2.24, 2.45) is 0 Å². The van der Waals surface area contributed by atoms with Gasteiger partial charge in [0.15, 0.2) is 0 Å². The first-order chi connectivity index (χ1) is 9.58. The number of nitriles is 1. The molecule has 20 heavy (non-hydrogen) atoms.